The van der Waals surface area contributed by atoms with Crippen LogP contribution >= 0.6 is 11.3 Å². The first-order valence-corrected chi connectivity index (χ1v) is 10.2. The number of aryl methyl sites for hydroxylation is 1. The van der Waals surface area contributed by atoms with E-state index in [9.17, 15) is 14.4 Å². The first-order chi connectivity index (χ1) is 14.4. The minimum absolute atomic E-state index is 0.0500. The number of furan rings is 1. The quantitative estimate of drug-likeness (QED) is 0.413. The molecule has 0 aliphatic carbocycles. The summed E-state index contributed by atoms with van der Waals surface area (Å²) in [5.74, 6) is 0.665. The van der Waals surface area contributed by atoms with Crippen molar-refractivity contribution >= 4 is 34.0 Å². The molecule has 30 heavy (non-hydrogen) atoms. The molecule has 1 amide bonds. The Morgan fingerprint density at radius 2 is 1.83 bits per heavy atom. The van der Waals surface area contributed by atoms with Gasteiger partial charge < -0.3 is 19.2 Å². The summed E-state index contributed by atoms with van der Waals surface area (Å²) in [5.41, 5.74) is 1.36. The van der Waals surface area contributed by atoms with E-state index in [4.69, 9.17) is 13.9 Å². The Bertz CT molecular complexity index is 1060. The number of esters is 1. The number of nitrogens with one attached hydrogen (secondary N) is 1. The van der Waals surface area contributed by atoms with Crippen LogP contribution in [0.25, 0.3) is 11.3 Å². The third kappa shape index (κ3) is 4.96. The molecule has 0 unspecified atom stereocenters. The standard InChI is InChI=1S/C22H21NO6S/c1-4-27-22(26)20-17(18-10-5-13(2)29-18)12-30-21(20)23-19(25)11-28-16-8-6-15(7-9-16)14(3)24/h5-10,12H,4,11H2,1-3H3,(H,23,25). The maximum atomic E-state index is 12.5. The third-order valence-electron chi connectivity index (χ3n) is 4.16. The highest BCUT2D eigenvalue weighted by atomic mass is 32.1. The number of hydrogen-bond donors (Lipinski definition) is 1. The highest BCUT2D eigenvalue weighted by Gasteiger charge is 2.24. The molecular weight excluding hydrogens is 406 g/mol. The van der Waals surface area contributed by atoms with E-state index in [2.05, 4.69) is 5.32 Å². The maximum Gasteiger partial charge on any atom is 0.341 e. The van der Waals surface area contributed by atoms with Crippen molar-refractivity contribution in [2.75, 3.05) is 18.5 Å². The smallest absolute Gasteiger partial charge is 0.341 e. The monoisotopic (exact) mass is 427 g/mol. The topological polar surface area (TPSA) is 94.8 Å². The molecule has 0 radical (unpaired) electrons. The molecule has 156 valence electrons. The van der Waals surface area contributed by atoms with Gasteiger partial charge in [0.15, 0.2) is 12.4 Å². The Hall–Kier alpha value is -3.39. The van der Waals surface area contributed by atoms with E-state index < -0.39 is 11.9 Å². The first-order valence-electron chi connectivity index (χ1n) is 9.28. The number of ether oxygens (including phenoxy) is 2. The van der Waals surface area contributed by atoms with Crippen molar-refractivity contribution < 1.29 is 28.3 Å². The molecule has 0 fully saturated rings. The van der Waals surface area contributed by atoms with E-state index in [1.807, 2.05) is 6.92 Å². The van der Waals surface area contributed by atoms with Crippen molar-refractivity contribution in [3.05, 3.63) is 58.7 Å². The molecule has 0 saturated heterocycles. The first kappa shape index (κ1) is 21.3. The average Bonchev–Trinajstić information content (AvgIpc) is 3.33. The van der Waals surface area contributed by atoms with Crippen LogP contribution in [0.5, 0.6) is 5.75 Å². The van der Waals surface area contributed by atoms with Gasteiger partial charge in [-0.3, -0.25) is 9.59 Å². The minimum atomic E-state index is -0.543. The molecule has 8 heteroatoms. The molecule has 2 aromatic heterocycles. The lowest BCUT2D eigenvalue weighted by Gasteiger charge is -2.09. The molecule has 2 heterocycles. The minimum Gasteiger partial charge on any atom is -0.484 e. The van der Waals surface area contributed by atoms with E-state index in [0.29, 0.717) is 33.4 Å². The van der Waals surface area contributed by atoms with E-state index in [-0.39, 0.29) is 24.6 Å². The van der Waals surface area contributed by atoms with Gasteiger partial charge >= 0.3 is 5.97 Å². The van der Waals surface area contributed by atoms with Gasteiger partial charge in [0.05, 0.1) is 6.61 Å². The Balaban J connectivity index is 1.73. The van der Waals surface area contributed by atoms with Crippen LogP contribution in [0.2, 0.25) is 0 Å². The van der Waals surface area contributed by atoms with E-state index in [1.165, 1.54) is 18.3 Å². The second-order valence-electron chi connectivity index (χ2n) is 6.40. The van der Waals surface area contributed by atoms with Gasteiger partial charge in [0, 0.05) is 16.5 Å². The van der Waals surface area contributed by atoms with Crippen LogP contribution in [-0.2, 0) is 9.53 Å². The predicted molar refractivity (Wildman–Crippen MR) is 113 cm³/mol. The fourth-order valence-corrected chi connectivity index (χ4v) is 3.67. The van der Waals surface area contributed by atoms with Crippen LogP contribution in [0.1, 0.15) is 40.3 Å². The van der Waals surface area contributed by atoms with Gasteiger partial charge in [0.1, 0.15) is 27.8 Å². The molecule has 0 atom stereocenters. The molecule has 0 spiro atoms. The van der Waals surface area contributed by atoms with E-state index in [0.717, 1.165) is 0 Å². The number of amides is 1. The third-order valence-corrected chi connectivity index (χ3v) is 5.06. The van der Waals surface area contributed by atoms with Crippen LogP contribution in [0, 0.1) is 6.92 Å². The van der Waals surface area contributed by atoms with Gasteiger partial charge in [-0.15, -0.1) is 11.3 Å². The van der Waals surface area contributed by atoms with E-state index in [1.54, 1.807) is 48.7 Å². The Labute approximate surface area is 177 Å². The van der Waals surface area contributed by atoms with Gasteiger partial charge in [0.25, 0.3) is 5.91 Å². The Morgan fingerprint density at radius 1 is 1.10 bits per heavy atom. The van der Waals surface area contributed by atoms with Crippen LogP contribution in [0.3, 0.4) is 0 Å². The Kier molecular flexibility index (Phi) is 6.68. The number of benzene rings is 1. The van der Waals surface area contributed by atoms with Crippen LogP contribution in [-0.4, -0.2) is 30.9 Å². The highest BCUT2D eigenvalue weighted by Crippen LogP contribution is 2.37. The van der Waals surface area contributed by atoms with Crippen molar-refractivity contribution in [3.8, 4) is 17.1 Å². The molecule has 3 aromatic rings. The zero-order valence-electron chi connectivity index (χ0n) is 16.8. The molecule has 1 N–H and O–H groups in total. The lowest BCUT2D eigenvalue weighted by Crippen LogP contribution is -2.21. The summed E-state index contributed by atoms with van der Waals surface area (Å²) < 4.78 is 16.2. The average molecular weight is 427 g/mol. The van der Waals surface area contributed by atoms with E-state index >= 15 is 0 Å². The number of thiophene rings is 1. The number of hydrogen-bond acceptors (Lipinski definition) is 7. The summed E-state index contributed by atoms with van der Waals surface area (Å²) >= 11 is 1.20. The van der Waals surface area contributed by atoms with Gasteiger partial charge in [-0.05, 0) is 57.2 Å². The van der Waals surface area contributed by atoms with Crippen molar-refractivity contribution in [1.29, 1.82) is 0 Å². The number of carbonyl (C=O) groups excluding carboxylic acids is 3. The number of ketones is 1. The molecule has 0 aliphatic heterocycles. The SMILES string of the molecule is CCOC(=O)c1c(-c2ccc(C)o2)csc1NC(=O)COc1ccc(C(C)=O)cc1. The van der Waals surface area contributed by atoms with Crippen LogP contribution in [0.15, 0.2) is 46.2 Å². The lowest BCUT2D eigenvalue weighted by atomic mass is 10.1. The second kappa shape index (κ2) is 9.41. The maximum absolute atomic E-state index is 12.5. The van der Waals surface area contributed by atoms with Crippen molar-refractivity contribution in [1.82, 2.24) is 0 Å². The number of carbonyl (C=O) groups is 3. The van der Waals surface area contributed by atoms with Crippen molar-refractivity contribution in [3.63, 3.8) is 0 Å². The van der Waals surface area contributed by atoms with Gasteiger partial charge in [-0.1, -0.05) is 0 Å². The zero-order valence-corrected chi connectivity index (χ0v) is 17.6. The summed E-state index contributed by atoms with van der Waals surface area (Å²) in [7, 11) is 0. The highest BCUT2D eigenvalue weighted by molar-refractivity contribution is 7.15. The van der Waals surface area contributed by atoms with Crippen molar-refractivity contribution in [2.24, 2.45) is 0 Å². The van der Waals surface area contributed by atoms with Crippen molar-refractivity contribution in [2.45, 2.75) is 20.8 Å². The molecule has 1 aromatic carbocycles. The fraction of sp³-hybridized carbons (Fsp3) is 0.227. The summed E-state index contributed by atoms with van der Waals surface area (Å²) in [6.45, 7) is 4.95. The van der Waals surface area contributed by atoms with Crippen LogP contribution in [0.4, 0.5) is 5.00 Å². The number of Topliss-reactive ketones (excluding diaryl/α,β-unsaturated/α-hetero) is 1. The Morgan fingerprint density at radius 3 is 2.43 bits per heavy atom. The lowest BCUT2D eigenvalue weighted by molar-refractivity contribution is -0.118. The second-order valence-corrected chi connectivity index (χ2v) is 7.28. The molecule has 7 nitrogen and oxygen atoms in total. The largest absolute Gasteiger partial charge is 0.484 e. The zero-order chi connectivity index (χ0) is 21.7. The van der Waals surface area contributed by atoms with Crippen LogP contribution < -0.4 is 10.1 Å². The molecule has 0 aliphatic rings. The normalized spacial score (nSPS) is 10.5. The number of rotatable bonds is 8. The van der Waals surface area contributed by atoms with Gasteiger partial charge in [0.2, 0.25) is 0 Å². The summed E-state index contributed by atoms with van der Waals surface area (Å²) in [6.07, 6.45) is 0. The predicted octanol–water partition coefficient (Wildman–Crippen LogP) is 4.71. The molecule has 0 saturated carbocycles. The fourth-order valence-electron chi connectivity index (χ4n) is 2.71. The summed E-state index contributed by atoms with van der Waals surface area (Å²) in [5, 5.41) is 4.80. The molecule has 0 bridgehead atoms. The number of anilines is 1. The molecule has 3 rings (SSSR count). The molecular formula is C22H21NO6S. The van der Waals surface area contributed by atoms with Gasteiger partial charge in [-0.25, -0.2) is 4.79 Å². The summed E-state index contributed by atoms with van der Waals surface area (Å²) in [4.78, 5) is 36.2. The summed E-state index contributed by atoms with van der Waals surface area (Å²) in [6, 6.07) is 10.1. The van der Waals surface area contributed by atoms with Gasteiger partial charge in [-0.2, -0.15) is 0 Å².